The number of hydrogen-bond donors (Lipinski definition) is 2. The lowest BCUT2D eigenvalue weighted by atomic mass is 9.89. The highest BCUT2D eigenvalue weighted by Crippen LogP contribution is 2.38. The maximum absolute atomic E-state index is 12.8. The molecule has 4 rings (SSSR count). The van der Waals surface area contributed by atoms with E-state index in [1.807, 2.05) is 11.9 Å². The SMILES string of the molecule is CN(C(=O)c1ccc2n[nH]nc2c1)[C@H]1C[C@H]2CC(=O)NC[C@H]2C1. The van der Waals surface area contributed by atoms with Crippen LogP contribution in [-0.4, -0.2) is 51.8 Å². The van der Waals surface area contributed by atoms with Crippen LogP contribution in [0.2, 0.25) is 0 Å². The topological polar surface area (TPSA) is 91.0 Å². The molecule has 0 bridgehead atoms. The van der Waals surface area contributed by atoms with E-state index in [1.165, 1.54) is 0 Å². The number of nitrogens with one attached hydrogen (secondary N) is 2. The molecule has 0 spiro atoms. The molecule has 2 N–H and O–H groups in total. The quantitative estimate of drug-likeness (QED) is 0.863. The van der Waals surface area contributed by atoms with Crippen LogP contribution in [0.5, 0.6) is 0 Å². The van der Waals surface area contributed by atoms with Gasteiger partial charge in [-0.2, -0.15) is 15.4 Å². The molecule has 23 heavy (non-hydrogen) atoms. The van der Waals surface area contributed by atoms with Gasteiger partial charge in [-0.15, -0.1) is 0 Å². The Bertz CT molecular complexity index is 771. The predicted molar refractivity (Wildman–Crippen MR) is 83.6 cm³/mol. The summed E-state index contributed by atoms with van der Waals surface area (Å²) in [5.74, 6) is 1.03. The number of rotatable bonds is 2. The third-order valence-electron chi connectivity index (χ3n) is 5.26. The fourth-order valence-electron chi connectivity index (χ4n) is 3.89. The molecule has 7 heteroatoms. The van der Waals surface area contributed by atoms with E-state index in [9.17, 15) is 9.59 Å². The van der Waals surface area contributed by atoms with Crippen molar-refractivity contribution in [3.05, 3.63) is 23.8 Å². The molecule has 3 atom stereocenters. The van der Waals surface area contributed by atoms with Crippen molar-refractivity contribution in [2.24, 2.45) is 11.8 Å². The number of nitrogens with zero attached hydrogens (tertiary/aromatic N) is 3. The fourth-order valence-corrected chi connectivity index (χ4v) is 3.89. The Morgan fingerprint density at radius 3 is 2.87 bits per heavy atom. The van der Waals surface area contributed by atoms with Gasteiger partial charge in [0.2, 0.25) is 5.91 Å². The third kappa shape index (κ3) is 2.46. The van der Waals surface area contributed by atoms with Crippen molar-refractivity contribution in [2.75, 3.05) is 13.6 Å². The number of piperidine rings is 1. The summed E-state index contributed by atoms with van der Waals surface area (Å²) < 4.78 is 0. The summed E-state index contributed by atoms with van der Waals surface area (Å²) in [5.41, 5.74) is 2.07. The Balaban J connectivity index is 1.51. The van der Waals surface area contributed by atoms with Gasteiger partial charge in [0.05, 0.1) is 0 Å². The van der Waals surface area contributed by atoms with Crippen LogP contribution in [0.15, 0.2) is 18.2 Å². The van der Waals surface area contributed by atoms with Crippen molar-refractivity contribution in [2.45, 2.75) is 25.3 Å². The molecule has 0 radical (unpaired) electrons. The molecule has 7 nitrogen and oxygen atoms in total. The van der Waals surface area contributed by atoms with Crippen molar-refractivity contribution in [1.29, 1.82) is 0 Å². The number of carbonyl (C=O) groups is 2. The van der Waals surface area contributed by atoms with E-state index < -0.39 is 0 Å². The maximum Gasteiger partial charge on any atom is 0.253 e. The lowest BCUT2D eigenvalue weighted by Crippen LogP contribution is -2.38. The normalized spacial score (nSPS) is 26.8. The summed E-state index contributed by atoms with van der Waals surface area (Å²) in [6, 6.07) is 5.55. The van der Waals surface area contributed by atoms with Gasteiger partial charge < -0.3 is 10.2 Å². The van der Waals surface area contributed by atoms with Gasteiger partial charge in [-0.25, -0.2) is 0 Å². The lowest BCUT2D eigenvalue weighted by Gasteiger charge is -2.25. The molecule has 120 valence electrons. The van der Waals surface area contributed by atoms with Gasteiger partial charge >= 0.3 is 0 Å². The van der Waals surface area contributed by atoms with Crippen LogP contribution in [0.1, 0.15) is 29.6 Å². The minimum atomic E-state index is -0.00201. The van der Waals surface area contributed by atoms with Crippen molar-refractivity contribution in [3.63, 3.8) is 0 Å². The Labute approximate surface area is 133 Å². The van der Waals surface area contributed by atoms with E-state index in [4.69, 9.17) is 0 Å². The van der Waals surface area contributed by atoms with Crippen LogP contribution >= 0.6 is 0 Å². The number of hydrogen-bond acceptors (Lipinski definition) is 4. The van der Waals surface area contributed by atoms with E-state index in [1.54, 1.807) is 18.2 Å². The van der Waals surface area contributed by atoms with E-state index >= 15 is 0 Å². The van der Waals surface area contributed by atoms with Gasteiger partial charge in [0, 0.05) is 31.6 Å². The minimum absolute atomic E-state index is 0.00201. The van der Waals surface area contributed by atoms with Crippen LogP contribution in [0.4, 0.5) is 0 Å². The van der Waals surface area contributed by atoms with Crippen molar-refractivity contribution >= 4 is 22.8 Å². The summed E-state index contributed by atoms with van der Waals surface area (Å²) in [4.78, 5) is 26.1. The summed E-state index contributed by atoms with van der Waals surface area (Å²) in [6.45, 7) is 0.743. The van der Waals surface area contributed by atoms with E-state index in [-0.39, 0.29) is 17.9 Å². The standard InChI is InChI=1S/C16H19N5O2/c1-21(12-4-10-7-15(22)17-8-11(10)5-12)16(23)9-2-3-13-14(6-9)19-20-18-13/h2-3,6,10-12H,4-5,7-8H2,1H3,(H,17,22)(H,18,19,20)/t10-,11+,12-/m0/s1. The Morgan fingerprint density at radius 1 is 1.22 bits per heavy atom. The number of H-pyrrole nitrogens is 1. The van der Waals surface area contributed by atoms with Crippen molar-refractivity contribution < 1.29 is 9.59 Å². The highest BCUT2D eigenvalue weighted by atomic mass is 16.2. The molecule has 1 aromatic heterocycles. The zero-order chi connectivity index (χ0) is 16.0. The first-order valence-corrected chi connectivity index (χ1v) is 7.96. The van der Waals surface area contributed by atoms with Gasteiger partial charge in [0.25, 0.3) is 5.91 Å². The second-order valence-corrected chi connectivity index (χ2v) is 6.60. The molecule has 2 heterocycles. The molecule has 0 unspecified atom stereocenters. The highest BCUT2D eigenvalue weighted by Gasteiger charge is 2.40. The molecule has 2 amide bonds. The summed E-state index contributed by atoms with van der Waals surface area (Å²) >= 11 is 0. The number of carbonyl (C=O) groups excluding carboxylic acids is 2. The van der Waals surface area contributed by atoms with Crippen LogP contribution in [0.3, 0.4) is 0 Å². The molecule has 1 saturated heterocycles. The zero-order valence-corrected chi connectivity index (χ0v) is 13.0. The van der Waals surface area contributed by atoms with Crippen LogP contribution in [0, 0.1) is 11.8 Å². The summed E-state index contributed by atoms with van der Waals surface area (Å²) in [7, 11) is 1.85. The average molecular weight is 313 g/mol. The van der Waals surface area contributed by atoms with Crippen molar-refractivity contribution in [1.82, 2.24) is 25.6 Å². The van der Waals surface area contributed by atoms with Gasteiger partial charge in [0.1, 0.15) is 11.0 Å². The first-order chi connectivity index (χ1) is 11.1. The van der Waals surface area contributed by atoms with E-state index in [2.05, 4.69) is 20.7 Å². The second-order valence-electron chi connectivity index (χ2n) is 6.60. The third-order valence-corrected chi connectivity index (χ3v) is 5.26. The molecular formula is C16H19N5O2. The summed E-state index contributed by atoms with van der Waals surface area (Å²) in [5, 5.41) is 13.5. The predicted octanol–water partition coefficient (Wildman–Crippen LogP) is 0.945. The number of benzene rings is 1. The molecule has 2 fully saturated rings. The van der Waals surface area contributed by atoms with Crippen LogP contribution in [0.25, 0.3) is 11.0 Å². The maximum atomic E-state index is 12.8. The Morgan fingerprint density at radius 2 is 2.00 bits per heavy atom. The number of aromatic amines is 1. The van der Waals surface area contributed by atoms with Crippen LogP contribution in [-0.2, 0) is 4.79 Å². The minimum Gasteiger partial charge on any atom is -0.356 e. The van der Waals surface area contributed by atoms with E-state index in [0.717, 1.165) is 24.9 Å². The molecule has 1 aromatic carbocycles. The summed E-state index contributed by atoms with van der Waals surface area (Å²) in [6.07, 6.45) is 2.46. The van der Waals surface area contributed by atoms with E-state index in [0.29, 0.717) is 29.3 Å². The lowest BCUT2D eigenvalue weighted by molar-refractivity contribution is -0.124. The first kappa shape index (κ1) is 14.2. The second kappa shape index (κ2) is 5.33. The van der Waals surface area contributed by atoms with Crippen molar-refractivity contribution in [3.8, 4) is 0 Å². The number of aromatic nitrogens is 3. The monoisotopic (exact) mass is 313 g/mol. The first-order valence-electron chi connectivity index (χ1n) is 7.96. The fraction of sp³-hybridized carbons (Fsp3) is 0.500. The highest BCUT2D eigenvalue weighted by molar-refractivity contribution is 5.97. The molecule has 2 aromatic rings. The van der Waals surface area contributed by atoms with Gasteiger partial charge in [-0.1, -0.05) is 0 Å². The molecule has 2 aliphatic rings. The number of amides is 2. The number of fused-ring (bicyclic) bond motifs is 2. The Hall–Kier alpha value is -2.44. The molecule has 1 saturated carbocycles. The largest absolute Gasteiger partial charge is 0.356 e. The molecule has 1 aliphatic carbocycles. The smallest absolute Gasteiger partial charge is 0.253 e. The van der Waals surface area contributed by atoms with Crippen LogP contribution < -0.4 is 5.32 Å². The van der Waals surface area contributed by atoms with Gasteiger partial charge in [0.15, 0.2) is 0 Å². The van der Waals surface area contributed by atoms with Gasteiger partial charge in [-0.05, 0) is 42.9 Å². The van der Waals surface area contributed by atoms with Gasteiger partial charge in [-0.3, -0.25) is 9.59 Å². The average Bonchev–Trinajstić information content (AvgIpc) is 3.18. The molecular weight excluding hydrogens is 294 g/mol. The molecule has 1 aliphatic heterocycles. The Kier molecular flexibility index (Phi) is 3.28. The zero-order valence-electron chi connectivity index (χ0n) is 13.0.